The van der Waals surface area contributed by atoms with Crippen LogP contribution in [0, 0.1) is 6.92 Å². The van der Waals surface area contributed by atoms with Crippen molar-refractivity contribution in [3.8, 4) is 5.75 Å². The van der Waals surface area contributed by atoms with Gasteiger partial charge >= 0.3 is 5.63 Å². The van der Waals surface area contributed by atoms with Crippen LogP contribution in [0.1, 0.15) is 5.76 Å². The molecule has 0 bridgehead atoms. The molecule has 0 saturated heterocycles. The van der Waals surface area contributed by atoms with Gasteiger partial charge < -0.3 is 13.2 Å². The lowest BCUT2D eigenvalue weighted by atomic mass is 10.4. The van der Waals surface area contributed by atoms with Gasteiger partial charge in [0.25, 0.3) is 0 Å². The van der Waals surface area contributed by atoms with E-state index in [2.05, 4.69) is 8.60 Å². The molecule has 0 aliphatic heterocycles. The van der Waals surface area contributed by atoms with Crippen molar-refractivity contribution in [2.75, 3.05) is 0 Å². The maximum atomic E-state index is 10.6. The standard InChI is InChI=1S/C6H6O5S/c1-4-2-5(11-12(8)9)3-6(7)10-4/h2-3H,1H3,(H,8,9)/p-1. The lowest BCUT2D eigenvalue weighted by Gasteiger charge is -2.05. The summed E-state index contributed by atoms with van der Waals surface area (Å²) < 4.78 is 28.9. The minimum atomic E-state index is -2.66. The Kier molecular flexibility index (Phi) is 2.61. The highest BCUT2D eigenvalue weighted by atomic mass is 32.2. The van der Waals surface area contributed by atoms with Crippen molar-refractivity contribution >= 4 is 11.4 Å². The van der Waals surface area contributed by atoms with Crippen molar-refractivity contribution in [3.63, 3.8) is 0 Å². The van der Waals surface area contributed by atoms with Gasteiger partial charge in [0, 0.05) is 6.07 Å². The molecule has 1 rings (SSSR count). The molecular weight excluding hydrogens is 184 g/mol. The molecule has 0 aliphatic rings. The molecule has 6 heteroatoms. The Morgan fingerprint density at radius 3 is 2.75 bits per heavy atom. The summed E-state index contributed by atoms with van der Waals surface area (Å²) in [7, 11) is 0. The van der Waals surface area contributed by atoms with E-state index in [1.54, 1.807) is 0 Å². The van der Waals surface area contributed by atoms with E-state index in [1.807, 2.05) is 0 Å². The number of hydrogen-bond donors (Lipinski definition) is 0. The molecule has 1 heterocycles. The minimum absolute atomic E-state index is 0.0444. The monoisotopic (exact) mass is 189 g/mol. The zero-order valence-corrected chi connectivity index (χ0v) is 6.92. The lowest BCUT2D eigenvalue weighted by Crippen LogP contribution is -2.03. The van der Waals surface area contributed by atoms with Crippen LogP contribution in [0.25, 0.3) is 0 Å². The van der Waals surface area contributed by atoms with E-state index in [9.17, 15) is 13.6 Å². The molecule has 66 valence electrons. The van der Waals surface area contributed by atoms with Gasteiger partial charge in [0.15, 0.2) is 0 Å². The third kappa shape index (κ3) is 2.48. The van der Waals surface area contributed by atoms with Gasteiger partial charge in [-0.2, -0.15) is 0 Å². The Hall–Kier alpha value is -1.14. The molecule has 0 radical (unpaired) electrons. The quantitative estimate of drug-likeness (QED) is 0.617. The van der Waals surface area contributed by atoms with Gasteiger partial charge in [-0.25, -0.2) is 9.00 Å². The third-order valence-electron chi connectivity index (χ3n) is 1.03. The van der Waals surface area contributed by atoms with Crippen LogP contribution in [-0.2, 0) is 11.4 Å². The summed E-state index contributed by atoms with van der Waals surface area (Å²) in [6, 6.07) is 2.25. The summed E-state index contributed by atoms with van der Waals surface area (Å²) in [5, 5.41) is 0. The van der Waals surface area contributed by atoms with Crippen LogP contribution in [-0.4, -0.2) is 8.76 Å². The van der Waals surface area contributed by atoms with Crippen molar-refractivity contribution < 1.29 is 17.4 Å². The SMILES string of the molecule is Cc1cc(OS(=O)[O-])cc(=O)o1. The highest BCUT2D eigenvalue weighted by Gasteiger charge is 1.98. The molecule has 0 saturated carbocycles. The Labute approximate surface area is 70.5 Å². The molecular formula is C6H5O5S-. The first-order valence-electron chi connectivity index (χ1n) is 2.97. The Morgan fingerprint density at radius 1 is 1.58 bits per heavy atom. The molecule has 1 unspecified atom stereocenters. The Balaban J connectivity index is 3.01. The van der Waals surface area contributed by atoms with Crippen LogP contribution in [0.5, 0.6) is 5.75 Å². The van der Waals surface area contributed by atoms with Crippen LogP contribution < -0.4 is 9.81 Å². The predicted molar refractivity (Wildman–Crippen MR) is 39.3 cm³/mol. The fraction of sp³-hybridized carbons (Fsp3) is 0.167. The lowest BCUT2D eigenvalue weighted by molar-refractivity contribution is 0.428. The van der Waals surface area contributed by atoms with Gasteiger partial charge in [-0.05, 0) is 6.92 Å². The Bertz CT molecular complexity index is 355. The molecule has 0 spiro atoms. The maximum absolute atomic E-state index is 10.6. The van der Waals surface area contributed by atoms with E-state index in [1.165, 1.54) is 13.0 Å². The van der Waals surface area contributed by atoms with Crippen LogP contribution in [0.4, 0.5) is 0 Å². The van der Waals surface area contributed by atoms with Crippen LogP contribution >= 0.6 is 0 Å². The predicted octanol–water partition coefficient (Wildman–Crippen LogP) is 0.121. The molecule has 1 aromatic heterocycles. The van der Waals surface area contributed by atoms with Gasteiger partial charge in [0.05, 0.1) is 6.07 Å². The van der Waals surface area contributed by atoms with Crippen molar-refractivity contribution in [3.05, 3.63) is 28.3 Å². The van der Waals surface area contributed by atoms with Crippen molar-refractivity contribution in [2.24, 2.45) is 0 Å². The van der Waals surface area contributed by atoms with E-state index in [-0.39, 0.29) is 5.75 Å². The average molecular weight is 189 g/mol. The molecule has 1 aromatic rings. The molecule has 12 heavy (non-hydrogen) atoms. The molecule has 0 fully saturated rings. The summed E-state index contributed by atoms with van der Waals surface area (Å²) in [4.78, 5) is 10.6. The second kappa shape index (κ2) is 3.51. The first-order chi connectivity index (χ1) is 5.58. The molecule has 5 nitrogen and oxygen atoms in total. The smallest absolute Gasteiger partial charge is 0.339 e. The van der Waals surface area contributed by atoms with E-state index >= 15 is 0 Å². The topological polar surface area (TPSA) is 79.6 Å². The second-order valence-electron chi connectivity index (χ2n) is 2.01. The number of rotatable bonds is 2. The van der Waals surface area contributed by atoms with Gasteiger partial charge in [-0.3, -0.25) is 0 Å². The van der Waals surface area contributed by atoms with Crippen molar-refractivity contribution in [1.29, 1.82) is 0 Å². The summed E-state index contributed by atoms with van der Waals surface area (Å²) >= 11 is -2.66. The van der Waals surface area contributed by atoms with E-state index < -0.39 is 17.0 Å². The van der Waals surface area contributed by atoms with E-state index in [0.29, 0.717) is 5.76 Å². The molecule has 0 amide bonds. The fourth-order valence-electron chi connectivity index (χ4n) is 0.702. The van der Waals surface area contributed by atoms with Crippen LogP contribution in [0.3, 0.4) is 0 Å². The largest absolute Gasteiger partial charge is 0.740 e. The summed E-state index contributed by atoms with van der Waals surface area (Å²) in [5.41, 5.74) is -0.643. The Morgan fingerprint density at radius 2 is 2.25 bits per heavy atom. The number of hydrogen-bond acceptors (Lipinski definition) is 5. The van der Waals surface area contributed by atoms with Gasteiger partial charge in [0.1, 0.15) is 22.9 Å². The van der Waals surface area contributed by atoms with Crippen molar-refractivity contribution in [2.45, 2.75) is 6.92 Å². The highest BCUT2D eigenvalue weighted by molar-refractivity contribution is 7.74. The minimum Gasteiger partial charge on any atom is -0.740 e. The zero-order chi connectivity index (χ0) is 9.14. The highest BCUT2D eigenvalue weighted by Crippen LogP contribution is 2.09. The third-order valence-corrected chi connectivity index (χ3v) is 1.36. The van der Waals surface area contributed by atoms with Crippen LogP contribution in [0.15, 0.2) is 21.3 Å². The molecule has 0 aromatic carbocycles. The van der Waals surface area contributed by atoms with E-state index in [4.69, 9.17) is 0 Å². The van der Waals surface area contributed by atoms with Crippen molar-refractivity contribution in [1.82, 2.24) is 0 Å². The second-order valence-corrected chi connectivity index (χ2v) is 2.59. The summed E-state index contributed by atoms with van der Waals surface area (Å²) in [5.74, 6) is 0.250. The summed E-state index contributed by atoms with van der Waals surface area (Å²) in [6.45, 7) is 1.52. The van der Waals surface area contributed by atoms with Gasteiger partial charge in [-0.15, -0.1) is 0 Å². The summed E-state index contributed by atoms with van der Waals surface area (Å²) in [6.07, 6.45) is 0. The maximum Gasteiger partial charge on any atom is 0.339 e. The molecule has 0 N–H and O–H groups in total. The number of aryl methyl sites for hydroxylation is 1. The van der Waals surface area contributed by atoms with E-state index in [0.717, 1.165) is 6.07 Å². The fourth-order valence-corrected chi connectivity index (χ4v) is 0.956. The van der Waals surface area contributed by atoms with Crippen LogP contribution in [0.2, 0.25) is 0 Å². The molecule has 1 atom stereocenters. The first-order valence-corrected chi connectivity index (χ1v) is 3.97. The van der Waals surface area contributed by atoms with Gasteiger partial charge in [0.2, 0.25) is 0 Å². The normalized spacial score (nSPS) is 12.5. The average Bonchev–Trinajstić information content (AvgIpc) is 1.81. The zero-order valence-electron chi connectivity index (χ0n) is 6.10. The molecule has 0 aliphatic carbocycles. The first kappa shape index (κ1) is 8.95. The van der Waals surface area contributed by atoms with Gasteiger partial charge in [-0.1, -0.05) is 0 Å².